The fourth-order valence-corrected chi connectivity index (χ4v) is 2.08. The molecule has 4 nitrogen and oxygen atoms in total. The van der Waals surface area contributed by atoms with Gasteiger partial charge in [-0.2, -0.15) is 0 Å². The molecule has 0 amide bonds. The van der Waals surface area contributed by atoms with Crippen LogP contribution in [0.15, 0.2) is 30.9 Å². The number of nitrogens with zero attached hydrogens (tertiary/aromatic N) is 3. The second-order valence-corrected chi connectivity index (χ2v) is 3.71. The Labute approximate surface area is 88.0 Å². The zero-order chi connectivity index (χ0) is 10.1. The average Bonchev–Trinajstić information content (AvgIpc) is 2.82. The van der Waals surface area contributed by atoms with Crippen LogP contribution < -0.4 is 5.32 Å². The van der Waals surface area contributed by atoms with Crippen LogP contribution in [0.4, 0.5) is 0 Å². The third-order valence-corrected chi connectivity index (χ3v) is 2.81. The summed E-state index contributed by atoms with van der Waals surface area (Å²) in [7, 11) is 0. The highest BCUT2D eigenvalue weighted by molar-refractivity contribution is 5.47. The molecule has 0 atom stereocenters. The minimum Gasteiger partial charge on any atom is -0.312 e. The quantitative estimate of drug-likeness (QED) is 0.744. The van der Waals surface area contributed by atoms with Crippen LogP contribution in [0.1, 0.15) is 11.1 Å². The Kier molecular flexibility index (Phi) is 1.99. The largest absolute Gasteiger partial charge is 0.312 e. The van der Waals surface area contributed by atoms with E-state index in [2.05, 4.69) is 33.7 Å². The molecule has 15 heavy (non-hydrogen) atoms. The van der Waals surface area contributed by atoms with Gasteiger partial charge in [-0.05, 0) is 30.2 Å². The van der Waals surface area contributed by atoms with Crippen LogP contribution in [0, 0.1) is 0 Å². The molecule has 0 radical (unpaired) electrons. The molecular weight excluding hydrogens is 188 g/mol. The number of aromatic nitrogens is 3. The normalized spacial score (nSPS) is 14.9. The number of benzene rings is 1. The second kappa shape index (κ2) is 3.47. The summed E-state index contributed by atoms with van der Waals surface area (Å²) in [6, 6.07) is 6.38. The molecule has 0 saturated heterocycles. The molecule has 76 valence electrons. The summed E-state index contributed by atoms with van der Waals surface area (Å²) in [4.78, 5) is 0. The fourth-order valence-electron chi connectivity index (χ4n) is 2.08. The molecule has 1 aromatic heterocycles. The van der Waals surface area contributed by atoms with Crippen LogP contribution in [0.5, 0.6) is 0 Å². The molecule has 3 rings (SSSR count). The lowest BCUT2D eigenvalue weighted by molar-refractivity contribution is 0.641. The molecule has 0 spiro atoms. The topological polar surface area (TPSA) is 42.7 Å². The number of hydrogen-bond donors (Lipinski definition) is 1. The average molecular weight is 200 g/mol. The van der Waals surface area contributed by atoms with Gasteiger partial charge in [-0.25, -0.2) is 0 Å². The maximum Gasteiger partial charge on any atom is 0.123 e. The van der Waals surface area contributed by atoms with Crippen molar-refractivity contribution in [1.29, 1.82) is 0 Å². The second-order valence-electron chi connectivity index (χ2n) is 3.71. The molecule has 1 aromatic carbocycles. The molecule has 4 heteroatoms. The zero-order valence-electron chi connectivity index (χ0n) is 8.35. The van der Waals surface area contributed by atoms with Crippen molar-refractivity contribution in [3.63, 3.8) is 0 Å². The summed E-state index contributed by atoms with van der Waals surface area (Å²) in [5.41, 5.74) is 4.00. The van der Waals surface area contributed by atoms with Crippen molar-refractivity contribution in [2.75, 3.05) is 6.54 Å². The lowest BCUT2D eigenvalue weighted by Crippen LogP contribution is -2.24. The van der Waals surface area contributed by atoms with E-state index in [1.807, 2.05) is 4.57 Å². The predicted octanol–water partition coefficient (Wildman–Crippen LogP) is 0.913. The highest BCUT2D eigenvalue weighted by atomic mass is 15.2. The molecule has 0 aliphatic carbocycles. The molecule has 0 saturated carbocycles. The summed E-state index contributed by atoms with van der Waals surface area (Å²) in [6.45, 7) is 2.01. The molecular formula is C11H12N4. The van der Waals surface area contributed by atoms with Crippen molar-refractivity contribution in [3.05, 3.63) is 42.0 Å². The van der Waals surface area contributed by atoms with Crippen molar-refractivity contribution in [2.24, 2.45) is 0 Å². The van der Waals surface area contributed by atoms with Gasteiger partial charge < -0.3 is 5.32 Å². The van der Waals surface area contributed by atoms with E-state index in [9.17, 15) is 0 Å². The van der Waals surface area contributed by atoms with E-state index >= 15 is 0 Å². The van der Waals surface area contributed by atoms with Crippen LogP contribution in [0.25, 0.3) is 5.69 Å². The summed E-state index contributed by atoms with van der Waals surface area (Å²) < 4.78 is 1.98. The molecule has 1 N–H and O–H groups in total. The maximum absolute atomic E-state index is 3.84. The smallest absolute Gasteiger partial charge is 0.123 e. The Morgan fingerprint density at radius 3 is 2.93 bits per heavy atom. The Bertz CT molecular complexity index is 461. The van der Waals surface area contributed by atoms with E-state index < -0.39 is 0 Å². The van der Waals surface area contributed by atoms with Crippen LogP contribution >= 0.6 is 0 Å². The van der Waals surface area contributed by atoms with Gasteiger partial charge in [0.1, 0.15) is 12.7 Å². The van der Waals surface area contributed by atoms with Gasteiger partial charge in [0.25, 0.3) is 0 Å². The van der Waals surface area contributed by atoms with E-state index in [4.69, 9.17) is 0 Å². The summed E-state index contributed by atoms with van der Waals surface area (Å²) >= 11 is 0. The zero-order valence-corrected chi connectivity index (χ0v) is 8.35. The molecule has 0 unspecified atom stereocenters. The van der Waals surface area contributed by atoms with E-state index in [-0.39, 0.29) is 0 Å². The van der Waals surface area contributed by atoms with Gasteiger partial charge in [0, 0.05) is 6.54 Å². The van der Waals surface area contributed by atoms with E-state index in [0.717, 1.165) is 19.5 Å². The SMILES string of the molecule is c1cc2c(c(-n3cnnc3)c1)CCNC2. The van der Waals surface area contributed by atoms with Gasteiger partial charge in [0.15, 0.2) is 0 Å². The number of hydrogen-bond acceptors (Lipinski definition) is 3. The van der Waals surface area contributed by atoms with Crippen LogP contribution in [0.3, 0.4) is 0 Å². The fraction of sp³-hybridized carbons (Fsp3) is 0.273. The first kappa shape index (κ1) is 8.61. The third-order valence-electron chi connectivity index (χ3n) is 2.81. The van der Waals surface area contributed by atoms with E-state index in [1.54, 1.807) is 12.7 Å². The Morgan fingerprint density at radius 2 is 2.07 bits per heavy atom. The lowest BCUT2D eigenvalue weighted by atomic mass is 9.99. The molecule has 0 bridgehead atoms. The van der Waals surface area contributed by atoms with Gasteiger partial charge in [0.2, 0.25) is 0 Å². The minimum atomic E-state index is 0.964. The number of fused-ring (bicyclic) bond motifs is 1. The Morgan fingerprint density at radius 1 is 1.20 bits per heavy atom. The Balaban J connectivity index is 2.15. The van der Waals surface area contributed by atoms with Crippen LogP contribution in [-0.2, 0) is 13.0 Å². The van der Waals surface area contributed by atoms with Crippen molar-refractivity contribution >= 4 is 0 Å². The molecule has 2 heterocycles. The van der Waals surface area contributed by atoms with Crippen LogP contribution in [-0.4, -0.2) is 21.3 Å². The highest BCUT2D eigenvalue weighted by Gasteiger charge is 2.12. The van der Waals surface area contributed by atoms with Gasteiger partial charge in [0.05, 0.1) is 5.69 Å². The number of nitrogens with one attached hydrogen (secondary N) is 1. The first-order valence-corrected chi connectivity index (χ1v) is 5.11. The Hall–Kier alpha value is -1.68. The molecule has 1 aliphatic rings. The minimum absolute atomic E-state index is 0.964. The molecule has 2 aromatic rings. The van der Waals surface area contributed by atoms with Crippen molar-refractivity contribution < 1.29 is 0 Å². The maximum atomic E-state index is 3.84. The summed E-state index contributed by atoms with van der Waals surface area (Å²) in [5.74, 6) is 0. The lowest BCUT2D eigenvalue weighted by Gasteiger charge is -2.20. The van der Waals surface area contributed by atoms with Crippen molar-refractivity contribution in [3.8, 4) is 5.69 Å². The third kappa shape index (κ3) is 1.43. The first-order chi connectivity index (χ1) is 7.45. The highest BCUT2D eigenvalue weighted by Crippen LogP contribution is 2.21. The van der Waals surface area contributed by atoms with Crippen molar-refractivity contribution in [2.45, 2.75) is 13.0 Å². The van der Waals surface area contributed by atoms with E-state index in [0.29, 0.717) is 0 Å². The standard InChI is InChI=1S/C11H12N4/c1-2-9-6-12-5-4-10(9)11(3-1)15-7-13-14-8-15/h1-3,7-8,12H,4-6H2. The molecule has 1 aliphatic heterocycles. The van der Waals surface area contributed by atoms with Crippen LogP contribution in [0.2, 0.25) is 0 Å². The van der Waals surface area contributed by atoms with Crippen molar-refractivity contribution in [1.82, 2.24) is 20.1 Å². The summed E-state index contributed by atoms with van der Waals surface area (Å²) in [6.07, 6.45) is 4.57. The van der Waals surface area contributed by atoms with Gasteiger partial charge in [-0.3, -0.25) is 4.57 Å². The predicted molar refractivity (Wildman–Crippen MR) is 56.8 cm³/mol. The number of rotatable bonds is 1. The molecule has 0 fully saturated rings. The van der Waals surface area contributed by atoms with E-state index in [1.165, 1.54) is 16.8 Å². The monoisotopic (exact) mass is 200 g/mol. The first-order valence-electron chi connectivity index (χ1n) is 5.11. The van der Waals surface area contributed by atoms with Gasteiger partial charge in [-0.1, -0.05) is 12.1 Å². The van der Waals surface area contributed by atoms with Gasteiger partial charge in [-0.15, -0.1) is 10.2 Å². The summed E-state index contributed by atoms with van der Waals surface area (Å²) in [5, 5.41) is 11.1. The van der Waals surface area contributed by atoms with Gasteiger partial charge >= 0.3 is 0 Å².